The Morgan fingerprint density at radius 3 is 3.00 bits per heavy atom. The molecule has 6 heteroatoms. The van der Waals surface area contributed by atoms with E-state index in [1.807, 2.05) is 18.5 Å². The summed E-state index contributed by atoms with van der Waals surface area (Å²) in [6.07, 6.45) is 1.52. The van der Waals surface area contributed by atoms with Gasteiger partial charge in [0.2, 0.25) is 0 Å². The lowest BCUT2D eigenvalue weighted by Gasteiger charge is -2.08. The fourth-order valence-electron chi connectivity index (χ4n) is 0.951. The molecule has 0 aliphatic carbocycles. The van der Waals surface area contributed by atoms with Crippen LogP contribution in [0.2, 0.25) is 0 Å². The molecule has 0 unspecified atom stereocenters. The first-order chi connectivity index (χ1) is 6.11. The van der Waals surface area contributed by atoms with E-state index in [1.165, 1.54) is 18.1 Å². The Labute approximate surface area is 81.2 Å². The van der Waals surface area contributed by atoms with Crippen LogP contribution < -0.4 is 5.73 Å². The molecule has 1 rings (SSSR count). The van der Waals surface area contributed by atoms with Crippen molar-refractivity contribution < 1.29 is 0 Å². The summed E-state index contributed by atoms with van der Waals surface area (Å²) in [4.78, 5) is 4.09. The van der Waals surface area contributed by atoms with E-state index in [0.717, 1.165) is 5.82 Å². The topological polar surface area (TPSA) is 80.6 Å². The summed E-state index contributed by atoms with van der Waals surface area (Å²) in [5, 5.41) is 11.2. The van der Waals surface area contributed by atoms with Crippen LogP contribution in [0.25, 0.3) is 0 Å². The molecule has 0 spiro atoms. The number of nitrogens with two attached hydrogens (primary N) is 1. The molecule has 1 heterocycles. The molecule has 1 aromatic rings. The minimum atomic E-state index is 0.110. The molecule has 3 N–H and O–H groups in total. The molecule has 0 amide bonds. The van der Waals surface area contributed by atoms with Crippen molar-refractivity contribution >= 4 is 16.9 Å². The van der Waals surface area contributed by atoms with E-state index < -0.39 is 0 Å². The lowest BCUT2D eigenvalue weighted by molar-refractivity contribution is 0.515. The Bertz CT molecular complexity index is 293. The summed E-state index contributed by atoms with van der Waals surface area (Å²) in [5.74, 6) is 1.46. The Balaban J connectivity index is 2.65. The Hall–Kier alpha value is -1.04. The first kappa shape index (κ1) is 10.0. The SMILES string of the molecule is CC(C)n1ncnc1CSC(=N)N. The van der Waals surface area contributed by atoms with Crippen LogP contribution in [0.15, 0.2) is 6.33 Å². The monoisotopic (exact) mass is 199 g/mol. The number of aromatic nitrogens is 3. The highest BCUT2D eigenvalue weighted by molar-refractivity contribution is 8.12. The van der Waals surface area contributed by atoms with Gasteiger partial charge in [0.25, 0.3) is 0 Å². The van der Waals surface area contributed by atoms with E-state index in [1.54, 1.807) is 0 Å². The predicted molar refractivity (Wildman–Crippen MR) is 53.6 cm³/mol. The second-order valence-electron chi connectivity index (χ2n) is 2.87. The van der Waals surface area contributed by atoms with Crippen molar-refractivity contribution in [3.8, 4) is 0 Å². The van der Waals surface area contributed by atoms with Gasteiger partial charge in [-0.25, -0.2) is 9.67 Å². The summed E-state index contributed by atoms with van der Waals surface area (Å²) in [6.45, 7) is 4.08. The summed E-state index contributed by atoms with van der Waals surface area (Å²) < 4.78 is 1.83. The Morgan fingerprint density at radius 2 is 2.46 bits per heavy atom. The van der Waals surface area contributed by atoms with Gasteiger partial charge in [-0.05, 0) is 13.8 Å². The fourth-order valence-corrected chi connectivity index (χ4v) is 1.44. The number of nitrogens with one attached hydrogen (secondary N) is 1. The molecule has 0 fully saturated rings. The molecule has 0 bridgehead atoms. The molecule has 0 saturated carbocycles. The van der Waals surface area contributed by atoms with Crippen molar-refractivity contribution in [2.75, 3.05) is 0 Å². The molecule has 0 atom stereocenters. The van der Waals surface area contributed by atoms with Crippen molar-refractivity contribution in [2.45, 2.75) is 25.6 Å². The number of hydrogen-bond acceptors (Lipinski definition) is 4. The maximum absolute atomic E-state index is 7.06. The average molecular weight is 199 g/mol. The van der Waals surface area contributed by atoms with Crippen LogP contribution in [0, 0.1) is 5.41 Å². The molecule has 0 radical (unpaired) electrons. The summed E-state index contributed by atoms with van der Waals surface area (Å²) >= 11 is 1.26. The van der Waals surface area contributed by atoms with Gasteiger partial charge in [0.15, 0.2) is 5.17 Å². The van der Waals surface area contributed by atoms with Gasteiger partial charge in [0.05, 0.1) is 5.75 Å². The fraction of sp³-hybridized carbons (Fsp3) is 0.571. The van der Waals surface area contributed by atoms with E-state index in [9.17, 15) is 0 Å². The third-order valence-electron chi connectivity index (χ3n) is 1.49. The number of hydrogen-bond donors (Lipinski definition) is 2. The normalized spacial score (nSPS) is 10.7. The molecular weight excluding hydrogens is 186 g/mol. The molecule has 13 heavy (non-hydrogen) atoms. The van der Waals surface area contributed by atoms with E-state index in [4.69, 9.17) is 11.1 Å². The van der Waals surface area contributed by atoms with E-state index in [-0.39, 0.29) is 5.17 Å². The number of thioether (sulfide) groups is 1. The molecular formula is C7H13N5S. The quantitative estimate of drug-likeness (QED) is 0.562. The van der Waals surface area contributed by atoms with Gasteiger partial charge >= 0.3 is 0 Å². The zero-order valence-electron chi connectivity index (χ0n) is 7.69. The van der Waals surface area contributed by atoms with Crippen molar-refractivity contribution in [1.29, 1.82) is 5.41 Å². The van der Waals surface area contributed by atoms with Gasteiger partial charge in [-0.3, -0.25) is 5.41 Å². The predicted octanol–water partition coefficient (Wildman–Crippen LogP) is 0.986. The largest absolute Gasteiger partial charge is 0.379 e. The third-order valence-corrected chi connectivity index (χ3v) is 2.21. The summed E-state index contributed by atoms with van der Waals surface area (Å²) in [7, 11) is 0. The third kappa shape index (κ3) is 2.73. The molecule has 0 aliphatic rings. The van der Waals surface area contributed by atoms with E-state index in [0.29, 0.717) is 11.8 Å². The van der Waals surface area contributed by atoms with Crippen LogP contribution in [-0.2, 0) is 5.75 Å². The van der Waals surface area contributed by atoms with Crippen LogP contribution in [-0.4, -0.2) is 19.9 Å². The lowest BCUT2D eigenvalue weighted by atomic mass is 10.4. The van der Waals surface area contributed by atoms with Crippen LogP contribution >= 0.6 is 11.8 Å². The second-order valence-corrected chi connectivity index (χ2v) is 3.88. The van der Waals surface area contributed by atoms with Crippen molar-refractivity contribution in [3.05, 3.63) is 12.2 Å². The number of rotatable bonds is 3. The van der Waals surface area contributed by atoms with Gasteiger partial charge in [0, 0.05) is 6.04 Å². The highest BCUT2D eigenvalue weighted by Crippen LogP contribution is 2.12. The number of amidine groups is 1. The molecule has 0 aliphatic heterocycles. The molecule has 5 nitrogen and oxygen atoms in total. The Morgan fingerprint density at radius 1 is 1.77 bits per heavy atom. The van der Waals surface area contributed by atoms with Crippen LogP contribution in [0.5, 0.6) is 0 Å². The summed E-state index contributed by atoms with van der Waals surface area (Å²) in [6, 6.07) is 0.296. The van der Waals surface area contributed by atoms with E-state index in [2.05, 4.69) is 10.1 Å². The van der Waals surface area contributed by atoms with Crippen LogP contribution in [0.4, 0.5) is 0 Å². The van der Waals surface area contributed by atoms with Crippen molar-refractivity contribution in [3.63, 3.8) is 0 Å². The van der Waals surface area contributed by atoms with Gasteiger partial charge in [-0.1, -0.05) is 11.8 Å². The van der Waals surface area contributed by atoms with Gasteiger partial charge < -0.3 is 5.73 Å². The van der Waals surface area contributed by atoms with Crippen molar-refractivity contribution in [2.24, 2.45) is 5.73 Å². The van der Waals surface area contributed by atoms with Gasteiger partial charge in [0.1, 0.15) is 12.2 Å². The highest BCUT2D eigenvalue weighted by atomic mass is 32.2. The smallest absolute Gasteiger partial charge is 0.151 e. The standard InChI is InChI=1S/C7H13N5S/c1-5(2)12-6(10-4-11-12)3-13-7(8)9/h4-5H,3H2,1-2H3,(H3,8,9). The maximum Gasteiger partial charge on any atom is 0.151 e. The highest BCUT2D eigenvalue weighted by Gasteiger charge is 2.07. The van der Waals surface area contributed by atoms with Crippen LogP contribution in [0.3, 0.4) is 0 Å². The molecule has 0 aromatic carbocycles. The van der Waals surface area contributed by atoms with Crippen molar-refractivity contribution in [1.82, 2.24) is 14.8 Å². The van der Waals surface area contributed by atoms with Gasteiger partial charge in [-0.15, -0.1) is 0 Å². The maximum atomic E-state index is 7.06. The second kappa shape index (κ2) is 4.27. The Kier molecular flexibility index (Phi) is 3.30. The summed E-state index contributed by atoms with van der Waals surface area (Å²) in [5.41, 5.74) is 5.22. The average Bonchev–Trinajstić information content (AvgIpc) is 2.47. The molecule has 0 saturated heterocycles. The van der Waals surface area contributed by atoms with E-state index >= 15 is 0 Å². The zero-order valence-corrected chi connectivity index (χ0v) is 8.51. The lowest BCUT2D eigenvalue weighted by Crippen LogP contribution is -2.10. The first-order valence-electron chi connectivity index (χ1n) is 3.96. The van der Waals surface area contributed by atoms with Crippen LogP contribution in [0.1, 0.15) is 25.7 Å². The minimum Gasteiger partial charge on any atom is -0.379 e. The first-order valence-corrected chi connectivity index (χ1v) is 4.95. The number of nitrogens with zero attached hydrogens (tertiary/aromatic N) is 3. The molecule has 1 aromatic heterocycles. The molecule has 72 valence electrons. The van der Waals surface area contributed by atoms with Gasteiger partial charge in [-0.2, -0.15) is 5.10 Å². The minimum absolute atomic E-state index is 0.110. The zero-order chi connectivity index (χ0) is 9.84.